The lowest BCUT2D eigenvalue weighted by Gasteiger charge is -2.29. The summed E-state index contributed by atoms with van der Waals surface area (Å²) in [5, 5.41) is 1.01. The molecule has 0 fully saturated rings. The number of rotatable bonds is 8. The lowest BCUT2D eigenvalue weighted by Crippen LogP contribution is -2.43. The number of carbonyl (C=O) groups is 1. The van der Waals surface area contributed by atoms with Gasteiger partial charge in [-0.3, -0.25) is 14.2 Å². The molecule has 6 rings (SSSR count). The highest BCUT2D eigenvalue weighted by Crippen LogP contribution is 2.36. The third-order valence-corrected chi connectivity index (χ3v) is 9.53. The van der Waals surface area contributed by atoms with Gasteiger partial charge in [-0.05, 0) is 63.6 Å². The van der Waals surface area contributed by atoms with E-state index >= 15 is 0 Å². The van der Waals surface area contributed by atoms with Crippen molar-refractivity contribution in [1.82, 2.24) is 14.0 Å². The van der Waals surface area contributed by atoms with Crippen molar-refractivity contribution < 1.29 is 13.9 Å². The number of methoxy groups -OCH3 is 1. The van der Waals surface area contributed by atoms with Crippen LogP contribution in [-0.2, 0) is 11.3 Å². The van der Waals surface area contributed by atoms with Crippen molar-refractivity contribution in [2.45, 2.75) is 40.3 Å². The number of halogens is 1. The van der Waals surface area contributed by atoms with Gasteiger partial charge in [-0.1, -0.05) is 59.9 Å². The Balaban J connectivity index is 1.56. The summed E-state index contributed by atoms with van der Waals surface area (Å²) < 4.78 is 23.7. The van der Waals surface area contributed by atoms with E-state index in [1.807, 2.05) is 70.2 Å². The number of carbonyl (C=O) groups excluding carboxylic acids is 1. The second kappa shape index (κ2) is 12.3. The molecule has 0 unspecified atom stereocenters. The molecule has 1 aliphatic heterocycles. The average molecular weight is 623 g/mol. The number of benzene rings is 3. The van der Waals surface area contributed by atoms with Crippen molar-refractivity contribution in [1.29, 1.82) is 0 Å². The van der Waals surface area contributed by atoms with Crippen LogP contribution in [0.15, 0.2) is 93.9 Å². The number of ether oxygens (including phenoxy) is 1. The molecule has 1 aliphatic rings. The Morgan fingerprint density at radius 1 is 1.02 bits per heavy atom. The van der Waals surface area contributed by atoms with Crippen LogP contribution in [0.5, 0.6) is 5.75 Å². The Hall–Kier alpha value is -4.76. The minimum absolute atomic E-state index is 0.147. The summed E-state index contributed by atoms with van der Waals surface area (Å²) in [5.74, 6) is 0.176. The van der Waals surface area contributed by atoms with Crippen LogP contribution in [0, 0.1) is 12.7 Å². The van der Waals surface area contributed by atoms with Gasteiger partial charge in [0.1, 0.15) is 17.6 Å². The van der Waals surface area contributed by atoms with Crippen LogP contribution in [-0.4, -0.2) is 40.1 Å². The lowest BCUT2D eigenvalue weighted by molar-refractivity contribution is -0.127. The Morgan fingerprint density at radius 3 is 2.42 bits per heavy atom. The number of likely N-dealkylation sites (N-methyl/N-ethyl adjacent to an activating group) is 1. The molecule has 7 nitrogen and oxygen atoms in total. The predicted molar refractivity (Wildman–Crippen MR) is 177 cm³/mol. The normalized spacial score (nSPS) is 14.9. The number of allylic oxidation sites excluding steroid dienone is 1. The lowest BCUT2D eigenvalue weighted by atomic mass is 9.94. The highest BCUT2D eigenvalue weighted by molar-refractivity contribution is 7.07. The Bertz CT molecular complexity index is 2140. The first kappa shape index (κ1) is 30.3. The number of nitrogens with zero attached hydrogens (tertiary/aromatic N) is 4. The smallest absolute Gasteiger partial charge is 0.271 e. The first-order chi connectivity index (χ1) is 21.8. The van der Waals surface area contributed by atoms with E-state index in [4.69, 9.17) is 9.73 Å². The summed E-state index contributed by atoms with van der Waals surface area (Å²) in [6.45, 7) is 9.40. The highest BCUT2D eigenvalue weighted by Gasteiger charge is 2.35. The van der Waals surface area contributed by atoms with E-state index in [1.54, 1.807) is 28.7 Å². The zero-order valence-electron chi connectivity index (χ0n) is 26.0. The van der Waals surface area contributed by atoms with E-state index in [1.165, 1.54) is 23.5 Å². The van der Waals surface area contributed by atoms with E-state index in [0.29, 0.717) is 46.0 Å². The van der Waals surface area contributed by atoms with Crippen molar-refractivity contribution in [3.05, 3.63) is 132 Å². The zero-order chi connectivity index (χ0) is 31.8. The fraction of sp³-hybridized carbons (Fsp3) is 0.250. The minimum Gasteiger partial charge on any atom is -0.496 e. The summed E-state index contributed by atoms with van der Waals surface area (Å²) in [6, 6.07) is 21.4. The summed E-state index contributed by atoms with van der Waals surface area (Å²) >= 11 is 1.32. The van der Waals surface area contributed by atoms with E-state index < -0.39 is 6.04 Å². The van der Waals surface area contributed by atoms with Gasteiger partial charge in [0.05, 0.1) is 22.9 Å². The van der Waals surface area contributed by atoms with Gasteiger partial charge in [0.25, 0.3) is 11.5 Å². The van der Waals surface area contributed by atoms with Gasteiger partial charge in [0.15, 0.2) is 4.80 Å². The molecule has 1 amide bonds. The van der Waals surface area contributed by atoms with Crippen molar-refractivity contribution in [3.8, 4) is 5.75 Å². The monoisotopic (exact) mass is 622 g/mol. The summed E-state index contributed by atoms with van der Waals surface area (Å²) in [5.41, 5.74) is 5.48. The second-order valence-electron chi connectivity index (χ2n) is 11.0. The van der Waals surface area contributed by atoms with Crippen molar-refractivity contribution >= 4 is 34.2 Å². The number of fused-ring (bicyclic) bond motifs is 2. The fourth-order valence-electron chi connectivity index (χ4n) is 6.21. The number of aromatic nitrogens is 2. The highest BCUT2D eigenvalue weighted by atomic mass is 32.1. The molecule has 3 aromatic carbocycles. The molecule has 5 aromatic rings. The number of thiazole rings is 1. The van der Waals surface area contributed by atoms with E-state index in [2.05, 4.69) is 16.7 Å². The molecule has 0 saturated carbocycles. The van der Waals surface area contributed by atoms with Crippen LogP contribution in [0.4, 0.5) is 4.39 Å². The van der Waals surface area contributed by atoms with Gasteiger partial charge in [0, 0.05) is 47.4 Å². The van der Waals surface area contributed by atoms with E-state index in [-0.39, 0.29) is 17.3 Å². The molecule has 0 N–H and O–H groups in total. The topological polar surface area (TPSA) is 68.8 Å². The van der Waals surface area contributed by atoms with Crippen molar-refractivity contribution in [3.63, 3.8) is 0 Å². The Morgan fingerprint density at radius 2 is 1.71 bits per heavy atom. The van der Waals surface area contributed by atoms with Crippen LogP contribution in [0.25, 0.3) is 17.0 Å². The second-order valence-corrected chi connectivity index (χ2v) is 12.0. The van der Waals surface area contributed by atoms with Gasteiger partial charge < -0.3 is 14.2 Å². The molecule has 0 bridgehead atoms. The van der Waals surface area contributed by atoms with Gasteiger partial charge in [-0.25, -0.2) is 9.38 Å². The zero-order valence-corrected chi connectivity index (χ0v) is 26.8. The third kappa shape index (κ3) is 5.31. The Kier molecular flexibility index (Phi) is 8.29. The number of para-hydroxylation sites is 2. The first-order valence-electron chi connectivity index (χ1n) is 15.0. The van der Waals surface area contributed by atoms with Crippen LogP contribution in [0.1, 0.15) is 49.2 Å². The van der Waals surface area contributed by atoms with Crippen LogP contribution in [0.2, 0.25) is 0 Å². The van der Waals surface area contributed by atoms with Crippen LogP contribution < -0.4 is 19.6 Å². The van der Waals surface area contributed by atoms with Gasteiger partial charge in [-0.15, -0.1) is 0 Å². The maximum atomic E-state index is 14.4. The molecule has 2 aromatic heterocycles. The van der Waals surface area contributed by atoms with Crippen LogP contribution >= 0.6 is 11.3 Å². The molecular weight excluding hydrogens is 587 g/mol. The largest absolute Gasteiger partial charge is 0.496 e. The van der Waals surface area contributed by atoms with Crippen LogP contribution in [0.3, 0.4) is 0 Å². The number of hydrogen-bond acceptors (Lipinski definition) is 5. The fourth-order valence-corrected chi connectivity index (χ4v) is 7.24. The molecule has 0 aliphatic carbocycles. The van der Waals surface area contributed by atoms with Crippen molar-refractivity contribution in [2.75, 3.05) is 20.2 Å². The maximum Gasteiger partial charge on any atom is 0.271 e. The molecule has 1 atom stereocenters. The molecule has 0 spiro atoms. The minimum atomic E-state index is -0.700. The number of amides is 1. The summed E-state index contributed by atoms with van der Waals surface area (Å²) in [4.78, 5) is 35.5. The predicted octanol–water partition coefficient (Wildman–Crippen LogP) is 5.56. The first-order valence-corrected chi connectivity index (χ1v) is 15.9. The Labute approximate surface area is 264 Å². The van der Waals surface area contributed by atoms with Gasteiger partial charge in [0.2, 0.25) is 0 Å². The van der Waals surface area contributed by atoms with E-state index in [0.717, 1.165) is 33.3 Å². The van der Waals surface area contributed by atoms with Crippen molar-refractivity contribution in [2.24, 2.45) is 4.99 Å². The molecule has 0 radical (unpaired) electrons. The van der Waals surface area contributed by atoms with Gasteiger partial charge >= 0.3 is 0 Å². The third-order valence-electron chi connectivity index (χ3n) is 8.55. The summed E-state index contributed by atoms with van der Waals surface area (Å²) in [7, 11) is 1.59. The molecule has 3 heterocycles. The summed E-state index contributed by atoms with van der Waals surface area (Å²) in [6.07, 6.45) is 1.94. The quantitative estimate of drug-likeness (QED) is 0.228. The van der Waals surface area contributed by atoms with E-state index in [9.17, 15) is 14.0 Å². The molecule has 0 saturated heterocycles. The molecule has 9 heteroatoms. The number of hydrogen-bond donors (Lipinski definition) is 0. The molecule has 230 valence electrons. The SMILES string of the molecule is CCN(CC)C(=O)C1=C(C)N=c2s/c(=C/c3c(C)n(Cc4ccc(F)cc4)c4ccccc34)c(=O)n2[C@@H]1c1ccccc1OC. The standard InChI is InChI=1S/C36H35FN4O3S/c1-6-39(7-2)35(43)32-22(3)38-36-41(33(32)27-13-9-11-15-30(27)44-5)34(42)31(45-36)20-28-23(4)40(29-14-10-8-12-26(28)29)21-24-16-18-25(37)19-17-24/h8-20,33H,6-7,21H2,1-5H3/b31-20+/t33-/m1/s1. The van der Waals surface area contributed by atoms with Gasteiger partial charge in [-0.2, -0.15) is 0 Å². The maximum absolute atomic E-state index is 14.4. The molecular formula is C36H35FN4O3S. The molecule has 45 heavy (non-hydrogen) atoms. The average Bonchev–Trinajstić information content (AvgIpc) is 3.50.